The Morgan fingerprint density at radius 2 is 2.22 bits per heavy atom. The second-order valence-corrected chi connectivity index (χ2v) is 9.24. The number of nitrogens with one attached hydrogen (secondary N) is 1. The highest BCUT2D eigenvalue weighted by molar-refractivity contribution is 7.91. The molecule has 7 nitrogen and oxygen atoms in total. The summed E-state index contributed by atoms with van der Waals surface area (Å²) < 4.78 is 49.9. The van der Waals surface area contributed by atoms with Crippen LogP contribution in [0.15, 0.2) is 28.7 Å². The van der Waals surface area contributed by atoms with Crippen molar-refractivity contribution in [3.63, 3.8) is 0 Å². The highest BCUT2D eigenvalue weighted by atomic mass is 32.2. The number of halogens is 1. The van der Waals surface area contributed by atoms with Crippen LogP contribution >= 0.6 is 12.2 Å². The molecule has 1 aromatic heterocycles. The fraction of sp³-hybridized carbons (Fsp3) is 0.529. The fourth-order valence-corrected chi connectivity index (χ4v) is 5.22. The molecule has 0 saturated carbocycles. The molecule has 0 aliphatic carbocycles. The minimum Gasteiger partial charge on any atom is -0.478 e. The molecular weight excluding hydrogens is 393 g/mol. The number of hydrogen-bond donors (Lipinski definition) is 1. The quantitative estimate of drug-likeness (QED) is 0.690. The van der Waals surface area contributed by atoms with Crippen LogP contribution in [0.3, 0.4) is 0 Å². The zero-order valence-corrected chi connectivity index (χ0v) is 16.9. The van der Waals surface area contributed by atoms with E-state index >= 15 is 0 Å². The van der Waals surface area contributed by atoms with Gasteiger partial charge in [0.1, 0.15) is 11.8 Å². The average molecular weight is 417 g/mol. The molecule has 1 aromatic carbocycles. The van der Waals surface area contributed by atoms with Crippen LogP contribution in [0.2, 0.25) is 0 Å². The summed E-state index contributed by atoms with van der Waals surface area (Å²) in [5.41, 5.74) is 0. The Kier molecular flexibility index (Phi) is 5.97. The maximum absolute atomic E-state index is 13.7. The van der Waals surface area contributed by atoms with Crippen molar-refractivity contribution in [2.24, 2.45) is 0 Å². The Hall–Kier alpha value is -1.78. The minimum atomic E-state index is -2.96. The second kappa shape index (κ2) is 8.07. The lowest BCUT2D eigenvalue weighted by molar-refractivity contribution is -0.943. The van der Waals surface area contributed by atoms with Gasteiger partial charge in [0.2, 0.25) is 0 Å². The third-order valence-corrected chi connectivity index (χ3v) is 6.79. The number of hydrogen-bond acceptors (Lipinski definition) is 6. The monoisotopic (exact) mass is 416 g/mol. The topological polar surface area (TPSA) is 78.8 Å². The molecule has 148 valence electrons. The van der Waals surface area contributed by atoms with E-state index in [-0.39, 0.29) is 34.0 Å². The number of sulfone groups is 1. The molecule has 1 unspecified atom stereocenters. The summed E-state index contributed by atoms with van der Waals surface area (Å²) in [7, 11) is -2.96. The van der Waals surface area contributed by atoms with Crippen LogP contribution in [0.5, 0.6) is 5.75 Å². The molecule has 1 aliphatic rings. The first-order valence-electron chi connectivity index (χ1n) is 8.83. The molecule has 10 heteroatoms. The van der Waals surface area contributed by atoms with Gasteiger partial charge < -0.3 is 14.1 Å². The summed E-state index contributed by atoms with van der Waals surface area (Å²) in [5.74, 6) is 0.298. The predicted molar refractivity (Wildman–Crippen MR) is 99.3 cm³/mol. The zero-order chi connectivity index (χ0) is 19.6. The Morgan fingerprint density at radius 3 is 2.85 bits per heavy atom. The number of para-hydroxylation sites is 1. The number of nitrogens with zero attached hydrogens (tertiary/aromatic N) is 2. The van der Waals surface area contributed by atoms with Crippen LogP contribution in [0, 0.1) is 10.7 Å². The van der Waals surface area contributed by atoms with Crippen molar-refractivity contribution in [2.45, 2.75) is 39.1 Å². The van der Waals surface area contributed by atoms with E-state index in [1.54, 1.807) is 19.1 Å². The van der Waals surface area contributed by atoms with Gasteiger partial charge in [-0.3, -0.25) is 0 Å². The first kappa shape index (κ1) is 20.0. The van der Waals surface area contributed by atoms with Gasteiger partial charge in [0.05, 0.1) is 12.3 Å². The molecule has 0 amide bonds. The number of rotatable bonds is 7. The van der Waals surface area contributed by atoms with Gasteiger partial charge in [-0.1, -0.05) is 12.1 Å². The van der Waals surface area contributed by atoms with E-state index in [9.17, 15) is 12.8 Å². The summed E-state index contributed by atoms with van der Waals surface area (Å²) in [5, 5.41) is 4.36. The first-order valence-corrected chi connectivity index (χ1v) is 11.1. The Balaban J connectivity index is 1.72. The highest BCUT2D eigenvalue weighted by Gasteiger charge is 2.35. The van der Waals surface area contributed by atoms with Crippen molar-refractivity contribution in [1.29, 1.82) is 0 Å². The SMILES string of the molecule is CC[NH+](Cn1nc([C@H](C)Oc2ccccc2F)oc1=S)[C@@H]1CCS(=O)(=O)C1. The highest BCUT2D eigenvalue weighted by Crippen LogP contribution is 2.23. The summed E-state index contributed by atoms with van der Waals surface area (Å²) >= 11 is 5.24. The van der Waals surface area contributed by atoms with Crippen molar-refractivity contribution >= 4 is 22.1 Å². The van der Waals surface area contributed by atoms with E-state index < -0.39 is 21.8 Å². The van der Waals surface area contributed by atoms with Crippen LogP contribution in [-0.2, 0) is 16.5 Å². The van der Waals surface area contributed by atoms with E-state index in [4.69, 9.17) is 21.4 Å². The number of quaternary nitrogens is 1. The number of ether oxygens (including phenoxy) is 1. The molecule has 3 atom stereocenters. The van der Waals surface area contributed by atoms with Gasteiger partial charge in [-0.15, -0.1) is 5.10 Å². The Bertz CT molecular complexity index is 957. The van der Waals surface area contributed by atoms with Gasteiger partial charge in [0.25, 0.3) is 10.7 Å². The van der Waals surface area contributed by atoms with Crippen molar-refractivity contribution < 1.29 is 26.9 Å². The molecule has 2 heterocycles. The van der Waals surface area contributed by atoms with Crippen LogP contribution in [0.4, 0.5) is 4.39 Å². The van der Waals surface area contributed by atoms with E-state index in [1.165, 1.54) is 16.8 Å². The standard InChI is InChI=1S/C17H22FN3O4S2/c1-3-20(13-8-9-27(22,23)10-13)11-21-17(26)25-16(19-21)12(2)24-15-7-5-4-6-14(15)18/h4-7,12-13H,3,8-11H2,1-2H3/p+1/t12-,13+/m0/s1. The third-order valence-electron chi connectivity index (χ3n) is 4.73. The van der Waals surface area contributed by atoms with E-state index in [2.05, 4.69) is 5.10 Å². The van der Waals surface area contributed by atoms with Crippen LogP contribution in [-0.4, -0.2) is 42.3 Å². The van der Waals surface area contributed by atoms with Gasteiger partial charge in [0, 0.05) is 6.42 Å². The van der Waals surface area contributed by atoms with Crippen molar-refractivity contribution in [3.8, 4) is 5.75 Å². The van der Waals surface area contributed by atoms with Gasteiger partial charge in [-0.05, 0) is 38.2 Å². The number of benzene rings is 1. The fourth-order valence-electron chi connectivity index (χ4n) is 3.21. The first-order chi connectivity index (χ1) is 12.8. The van der Waals surface area contributed by atoms with E-state index in [0.717, 1.165) is 11.4 Å². The molecule has 3 rings (SSSR count). The molecule has 1 N–H and O–H groups in total. The lowest BCUT2D eigenvalue weighted by Crippen LogP contribution is -3.15. The zero-order valence-electron chi connectivity index (χ0n) is 15.2. The molecule has 0 spiro atoms. The summed E-state index contributed by atoms with van der Waals surface area (Å²) in [6.07, 6.45) is 0.0119. The average Bonchev–Trinajstić information content (AvgIpc) is 3.17. The van der Waals surface area contributed by atoms with Crippen molar-refractivity contribution in [1.82, 2.24) is 9.78 Å². The third kappa shape index (κ3) is 4.74. The largest absolute Gasteiger partial charge is 0.478 e. The molecule has 2 aromatic rings. The summed E-state index contributed by atoms with van der Waals surface area (Å²) in [6, 6.07) is 6.13. The minimum absolute atomic E-state index is 0.0224. The van der Waals surface area contributed by atoms with Gasteiger partial charge >= 0.3 is 0 Å². The molecule has 1 fully saturated rings. The van der Waals surface area contributed by atoms with Crippen LogP contribution in [0.1, 0.15) is 32.3 Å². The van der Waals surface area contributed by atoms with Crippen molar-refractivity contribution in [2.75, 3.05) is 18.1 Å². The second-order valence-electron chi connectivity index (χ2n) is 6.67. The number of aromatic nitrogens is 2. The lowest BCUT2D eigenvalue weighted by Gasteiger charge is -2.22. The van der Waals surface area contributed by atoms with Crippen LogP contribution in [0.25, 0.3) is 0 Å². The van der Waals surface area contributed by atoms with Gasteiger partial charge in [-0.2, -0.15) is 4.68 Å². The summed E-state index contributed by atoms with van der Waals surface area (Å²) in [6.45, 7) is 4.84. The van der Waals surface area contributed by atoms with Gasteiger partial charge in [0.15, 0.2) is 34.2 Å². The van der Waals surface area contributed by atoms with Crippen molar-refractivity contribution in [3.05, 3.63) is 40.8 Å². The molecule has 27 heavy (non-hydrogen) atoms. The smallest absolute Gasteiger partial charge is 0.292 e. The lowest BCUT2D eigenvalue weighted by atomic mass is 10.2. The van der Waals surface area contributed by atoms with Gasteiger partial charge in [-0.25, -0.2) is 12.8 Å². The molecular formula is C17H23FN3O4S2+. The maximum atomic E-state index is 13.7. The Labute approximate surface area is 162 Å². The molecule has 1 saturated heterocycles. The van der Waals surface area contributed by atoms with E-state index in [0.29, 0.717) is 13.1 Å². The summed E-state index contributed by atoms with van der Waals surface area (Å²) in [4.78, 5) is 1.26. The molecule has 0 radical (unpaired) electrons. The maximum Gasteiger partial charge on any atom is 0.292 e. The molecule has 0 bridgehead atoms. The normalized spacial score (nSPS) is 21.1. The predicted octanol–water partition coefficient (Wildman–Crippen LogP) is 1.53. The van der Waals surface area contributed by atoms with E-state index in [1.807, 2.05) is 6.92 Å². The Morgan fingerprint density at radius 1 is 1.48 bits per heavy atom. The van der Waals surface area contributed by atoms with Crippen LogP contribution < -0.4 is 9.64 Å². The molecule has 1 aliphatic heterocycles.